The van der Waals surface area contributed by atoms with E-state index in [0.717, 1.165) is 17.5 Å². The normalized spacial score (nSPS) is 15.3. The predicted molar refractivity (Wildman–Crippen MR) is 134 cm³/mol. The van der Waals surface area contributed by atoms with E-state index in [0.29, 0.717) is 29.1 Å². The van der Waals surface area contributed by atoms with Gasteiger partial charge in [0.15, 0.2) is 0 Å². The summed E-state index contributed by atoms with van der Waals surface area (Å²) in [6, 6.07) is 22.5. The Morgan fingerprint density at radius 1 is 1.03 bits per heavy atom. The van der Waals surface area contributed by atoms with Gasteiger partial charge in [0, 0.05) is 17.8 Å². The number of benzene rings is 3. The van der Waals surface area contributed by atoms with Crippen LogP contribution in [0.3, 0.4) is 0 Å². The lowest BCUT2D eigenvalue weighted by molar-refractivity contribution is -0.128. The predicted octanol–water partition coefficient (Wildman–Crippen LogP) is 4.85. The zero-order valence-electron chi connectivity index (χ0n) is 19.1. The molecule has 1 N–H and O–H groups in total. The number of hydrogen-bond acceptors (Lipinski definition) is 5. The molecule has 0 aromatic heterocycles. The van der Waals surface area contributed by atoms with Crippen LogP contribution in [0.15, 0.2) is 72.8 Å². The fourth-order valence-electron chi connectivity index (χ4n) is 3.86. The Morgan fingerprint density at radius 2 is 1.74 bits per heavy atom. The molecule has 0 spiro atoms. The molecule has 7 heteroatoms. The van der Waals surface area contributed by atoms with Crippen molar-refractivity contribution in [2.45, 2.75) is 18.7 Å². The summed E-state index contributed by atoms with van der Waals surface area (Å²) in [5, 5.41) is 2.81. The quantitative estimate of drug-likeness (QED) is 0.496. The number of rotatable bonds is 7. The molecule has 6 nitrogen and oxygen atoms in total. The maximum atomic E-state index is 12.8. The maximum absolute atomic E-state index is 12.8. The van der Waals surface area contributed by atoms with Crippen LogP contribution in [-0.4, -0.2) is 42.1 Å². The van der Waals surface area contributed by atoms with Gasteiger partial charge >= 0.3 is 5.97 Å². The standard InChI is InChI=1S/C27H26N2O4S/c1-18-8-9-22(27(32)33-2)16-23(18)28-25(31)20-10-12-21(13-11-20)26-29(24(30)17-34-26)15-14-19-6-4-3-5-7-19/h3-13,16,26H,14-15,17H2,1-2H3,(H,28,31)/t26-/m0/s1. The fraction of sp³-hybridized carbons (Fsp3) is 0.222. The number of nitrogens with zero attached hydrogens (tertiary/aromatic N) is 1. The molecule has 0 unspecified atom stereocenters. The molecule has 4 rings (SSSR count). The van der Waals surface area contributed by atoms with E-state index in [2.05, 4.69) is 17.4 Å². The third-order valence-corrected chi connectivity index (χ3v) is 7.07. The third kappa shape index (κ3) is 5.31. The lowest BCUT2D eigenvalue weighted by Gasteiger charge is -2.24. The first kappa shape index (κ1) is 23.6. The molecule has 2 amide bonds. The molecule has 1 atom stereocenters. The monoisotopic (exact) mass is 474 g/mol. The topological polar surface area (TPSA) is 75.7 Å². The first-order valence-electron chi connectivity index (χ1n) is 11.0. The van der Waals surface area contributed by atoms with Crippen molar-refractivity contribution in [3.8, 4) is 0 Å². The van der Waals surface area contributed by atoms with Crippen molar-refractivity contribution in [3.05, 3.63) is 101 Å². The number of thioether (sulfide) groups is 1. The largest absolute Gasteiger partial charge is 0.465 e. The van der Waals surface area contributed by atoms with Crippen molar-refractivity contribution >= 4 is 35.2 Å². The van der Waals surface area contributed by atoms with Crippen LogP contribution in [0.2, 0.25) is 0 Å². The summed E-state index contributed by atoms with van der Waals surface area (Å²) in [6.07, 6.45) is 0.800. The second-order valence-electron chi connectivity index (χ2n) is 8.08. The zero-order valence-corrected chi connectivity index (χ0v) is 19.9. The Labute approximate surface area is 203 Å². The van der Waals surface area contributed by atoms with Gasteiger partial charge < -0.3 is 15.0 Å². The lowest BCUT2D eigenvalue weighted by atomic mass is 10.1. The van der Waals surface area contributed by atoms with Crippen molar-refractivity contribution in [1.82, 2.24) is 4.90 Å². The summed E-state index contributed by atoms with van der Waals surface area (Å²) < 4.78 is 4.76. The third-order valence-electron chi connectivity index (χ3n) is 5.82. The number of carbonyl (C=O) groups excluding carboxylic acids is 3. The van der Waals surface area contributed by atoms with Crippen molar-refractivity contribution in [2.75, 3.05) is 24.7 Å². The number of aryl methyl sites for hydroxylation is 1. The molecule has 1 aliphatic heterocycles. The highest BCUT2D eigenvalue weighted by Crippen LogP contribution is 2.38. The van der Waals surface area contributed by atoms with Crippen molar-refractivity contribution in [2.24, 2.45) is 0 Å². The molecule has 3 aromatic rings. The van der Waals surface area contributed by atoms with Gasteiger partial charge in [0.1, 0.15) is 5.37 Å². The van der Waals surface area contributed by atoms with Gasteiger partial charge in [-0.25, -0.2) is 4.79 Å². The Balaban J connectivity index is 1.44. The summed E-state index contributed by atoms with van der Waals surface area (Å²) in [5.74, 6) is -0.140. The molecule has 1 fully saturated rings. The maximum Gasteiger partial charge on any atom is 0.337 e. The van der Waals surface area contributed by atoms with Gasteiger partial charge in [-0.3, -0.25) is 9.59 Å². The van der Waals surface area contributed by atoms with Gasteiger partial charge in [0.25, 0.3) is 5.91 Å². The number of esters is 1. The van der Waals surface area contributed by atoms with Crippen molar-refractivity contribution in [1.29, 1.82) is 0 Å². The average Bonchev–Trinajstić information content (AvgIpc) is 3.24. The van der Waals surface area contributed by atoms with E-state index in [-0.39, 0.29) is 17.2 Å². The number of anilines is 1. The molecule has 0 aliphatic carbocycles. The van der Waals surface area contributed by atoms with Gasteiger partial charge in [0.2, 0.25) is 5.91 Å². The highest BCUT2D eigenvalue weighted by molar-refractivity contribution is 8.00. The SMILES string of the molecule is COC(=O)c1ccc(C)c(NC(=O)c2ccc([C@@H]3SCC(=O)N3CCc3ccccc3)cc2)c1. The summed E-state index contributed by atoms with van der Waals surface area (Å²) in [7, 11) is 1.32. The molecule has 174 valence electrons. The van der Waals surface area contributed by atoms with Gasteiger partial charge in [-0.1, -0.05) is 48.5 Å². The highest BCUT2D eigenvalue weighted by Gasteiger charge is 2.32. The number of ether oxygens (including phenoxy) is 1. The van der Waals surface area contributed by atoms with Crippen LogP contribution in [0, 0.1) is 6.92 Å². The Morgan fingerprint density at radius 3 is 2.44 bits per heavy atom. The summed E-state index contributed by atoms with van der Waals surface area (Å²) in [6.45, 7) is 2.51. The second kappa shape index (κ2) is 10.6. The molecule has 0 radical (unpaired) electrons. The van der Waals surface area contributed by atoms with E-state index in [9.17, 15) is 14.4 Å². The molecular weight excluding hydrogens is 448 g/mol. The molecule has 3 aromatic carbocycles. The number of methoxy groups -OCH3 is 1. The minimum Gasteiger partial charge on any atom is -0.465 e. The van der Waals surface area contributed by atoms with Crippen LogP contribution in [0.25, 0.3) is 0 Å². The smallest absolute Gasteiger partial charge is 0.337 e. The van der Waals surface area contributed by atoms with Gasteiger partial charge in [-0.15, -0.1) is 11.8 Å². The lowest BCUT2D eigenvalue weighted by Crippen LogP contribution is -2.30. The number of hydrogen-bond donors (Lipinski definition) is 1. The first-order chi connectivity index (χ1) is 16.5. The molecule has 34 heavy (non-hydrogen) atoms. The minimum absolute atomic E-state index is 0.0627. The molecule has 1 aliphatic rings. The molecule has 0 bridgehead atoms. The molecule has 1 saturated heterocycles. The number of carbonyl (C=O) groups is 3. The highest BCUT2D eigenvalue weighted by atomic mass is 32.2. The van der Waals surface area contributed by atoms with Gasteiger partial charge in [0.05, 0.1) is 18.4 Å². The Kier molecular flexibility index (Phi) is 7.33. The van der Waals surface area contributed by atoms with Crippen LogP contribution in [0.1, 0.15) is 42.8 Å². The molecule has 0 saturated carbocycles. The van der Waals surface area contributed by atoms with Crippen LogP contribution >= 0.6 is 11.8 Å². The van der Waals surface area contributed by atoms with Crippen LogP contribution in [-0.2, 0) is 16.0 Å². The van der Waals surface area contributed by atoms with Gasteiger partial charge in [-0.2, -0.15) is 0 Å². The van der Waals surface area contributed by atoms with E-state index in [4.69, 9.17) is 4.74 Å². The summed E-state index contributed by atoms with van der Waals surface area (Å²) in [4.78, 5) is 39.0. The number of nitrogens with one attached hydrogen (secondary N) is 1. The van der Waals surface area contributed by atoms with E-state index >= 15 is 0 Å². The molecule has 1 heterocycles. The van der Waals surface area contributed by atoms with Crippen LogP contribution in [0.4, 0.5) is 5.69 Å². The first-order valence-corrected chi connectivity index (χ1v) is 12.1. The minimum atomic E-state index is -0.458. The fourth-order valence-corrected chi connectivity index (χ4v) is 5.08. The van der Waals surface area contributed by atoms with Gasteiger partial charge in [-0.05, 0) is 54.3 Å². The van der Waals surface area contributed by atoms with E-state index in [1.165, 1.54) is 12.7 Å². The average molecular weight is 475 g/mol. The number of amides is 2. The van der Waals surface area contributed by atoms with E-state index in [1.54, 1.807) is 42.1 Å². The summed E-state index contributed by atoms with van der Waals surface area (Å²) >= 11 is 1.60. The summed E-state index contributed by atoms with van der Waals surface area (Å²) in [5.41, 5.74) is 4.46. The van der Waals surface area contributed by atoms with Crippen molar-refractivity contribution in [3.63, 3.8) is 0 Å². The van der Waals surface area contributed by atoms with E-state index < -0.39 is 5.97 Å². The van der Waals surface area contributed by atoms with Crippen molar-refractivity contribution < 1.29 is 19.1 Å². The Hall–Kier alpha value is -3.58. The molecular formula is C27H26N2O4S. The van der Waals surface area contributed by atoms with Crippen LogP contribution in [0.5, 0.6) is 0 Å². The van der Waals surface area contributed by atoms with Crippen LogP contribution < -0.4 is 5.32 Å². The zero-order chi connectivity index (χ0) is 24.1. The van der Waals surface area contributed by atoms with E-state index in [1.807, 2.05) is 42.2 Å². The Bertz CT molecular complexity index is 1200. The second-order valence-corrected chi connectivity index (χ2v) is 9.15.